The van der Waals surface area contributed by atoms with Gasteiger partial charge in [-0.05, 0) is 19.3 Å². The van der Waals surface area contributed by atoms with Gasteiger partial charge in [-0.25, -0.2) is 0 Å². The van der Waals surface area contributed by atoms with Gasteiger partial charge in [0.1, 0.15) is 6.04 Å². The van der Waals surface area contributed by atoms with Crippen LogP contribution in [0.15, 0.2) is 0 Å². The molecule has 0 saturated carbocycles. The number of hydrogen-bond donors (Lipinski definition) is 2. The largest absolute Gasteiger partial charge is 0.480 e. The Labute approximate surface area is 103 Å². The number of carboxylic acid groups (broad SMARTS) is 1. The number of nitrogens with one attached hydrogen (secondary N) is 1. The number of nitrogens with zero attached hydrogens (tertiary/aromatic N) is 1. The Morgan fingerprint density at radius 3 is 2.00 bits per heavy atom. The molecular formula is C10H22N2O4S. The highest BCUT2D eigenvalue weighted by atomic mass is 32.2. The van der Waals surface area contributed by atoms with Crippen molar-refractivity contribution in [1.29, 1.82) is 0 Å². The highest BCUT2D eigenvalue weighted by molar-refractivity contribution is 7.87. The average molecular weight is 266 g/mol. The second-order valence-corrected chi connectivity index (χ2v) is 5.52. The van der Waals surface area contributed by atoms with Crippen LogP contribution in [-0.4, -0.2) is 42.9 Å². The molecule has 0 aromatic heterocycles. The van der Waals surface area contributed by atoms with Crippen LogP contribution in [0, 0.1) is 0 Å². The molecule has 102 valence electrons. The topological polar surface area (TPSA) is 86.7 Å². The number of rotatable bonds is 9. The van der Waals surface area contributed by atoms with Gasteiger partial charge in [0.15, 0.2) is 0 Å². The van der Waals surface area contributed by atoms with Gasteiger partial charge in [-0.3, -0.25) is 4.79 Å². The standard InChI is InChI=1S/C10H22N2O4S/c1-4-7-12(8-5-2)17(15,16)11-9(6-3)10(13)14/h9,11H,4-8H2,1-3H3,(H,13,14)/t9-/m1/s1. The predicted octanol–water partition coefficient (Wildman–Crippen LogP) is 0.806. The maximum atomic E-state index is 11.9. The molecule has 0 amide bonds. The van der Waals surface area contributed by atoms with E-state index >= 15 is 0 Å². The van der Waals surface area contributed by atoms with Gasteiger partial charge in [0.05, 0.1) is 0 Å². The fraction of sp³-hybridized carbons (Fsp3) is 0.900. The van der Waals surface area contributed by atoms with Crippen molar-refractivity contribution in [1.82, 2.24) is 9.03 Å². The number of hydrogen-bond acceptors (Lipinski definition) is 3. The quantitative estimate of drug-likeness (QED) is 0.646. The van der Waals surface area contributed by atoms with Gasteiger partial charge in [0.2, 0.25) is 0 Å². The molecule has 0 radical (unpaired) electrons. The highest BCUT2D eigenvalue weighted by Crippen LogP contribution is 2.04. The summed E-state index contributed by atoms with van der Waals surface area (Å²) in [7, 11) is -3.70. The maximum Gasteiger partial charge on any atom is 0.321 e. The molecule has 7 heteroatoms. The monoisotopic (exact) mass is 266 g/mol. The molecular weight excluding hydrogens is 244 g/mol. The van der Waals surface area contributed by atoms with Crippen molar-refractivity contribution < 1.29 is 18.3 Å². The molecule has 2 N–H and O–H groups in total. The molecule has 0 heterocycles. The van der Waals surface area contributed by atoms with Gasteiger partial charge in [0, 0.05) is 13.1 Å². The Balaban J connectivity index is 4.77. The minimum atomic E-state index is -3.70. The summed E-state index contributed by atoms with van der Waals surface area (Å²) in [6, 6.07) is -1.06. The van der Waals surface area contributed by atoms with Crippen molar-refractivity contribution in [2.75, 3.05) is 13.1 Å². The Morgan fingerprint density at radius 2 is 1.71 bits per heavy atom. The molecule has 0 aromatic rings. The van der Waals surface area contributed by atoms with E-state index in [2.05, 4.69) is 4.72 Å². The van der Waals surface area contributed by atoms with Crippen LogP contribution in [0.3, 0.4) is 0 Å². The molecule has 0 spiro atoms. The van der Waals surface area contributed by atoms with Gasteiger partial charge in [0.25, 0.3) is 10.2 Å². The molecule has 6 nitrogen and oxygen atoms in total. The van der Waals surface area contributed by atoms with Crippen molar-refractivity contribution in [2.24, 2.45) is 0 Å². The summed E-state index contributed by atoms with van der Waals surface area (Å²) in [5.74, 6) is -1.15. The first-order chi connectivity index (χ1) is 7.88. The molecule has 1 atom stereocenters. The van der Waals surface area contributed by atoms with Crippen LogP contribution in [0.1, 0.15) is 40.0 Å². The zero-order chi connectivity index (χ0) is 13.5. The van der Waals surface area contributed by atoms with Crippen LogP contribution >= 0.6 is 0 Å². The Bertz CT molecular complexity index is 323. The zero-order valence-electron chi connectivity index (χ0n) is 10.6. The lowest BCUT2D eigenvalue weighted by Crippen LogP contribution is -2.48. The molecule has 0 aliphatic heterocycles. The van der Waals surface area contributed by atoms with E-state index in [1.54, 1.807) is 6.92 Å². The molecule has 0 unspecified atom stereocenters. The minimum Gasteiger partial charge on any atom is -0.480 e. The SMILES string of the molecule is CCCN(CCC)S(=O)(=O)N[C@H](CC)C(=O)O. The average Bonchev–Trinajstić information content (AvgIpc) is 2.25. The summed E-state index contributed by atoms with van der Waals surface area (Å²) >= 11 is 0. The van der Waals surface area contributed by atoms with E-state index < -0.39 is 22.2 Å². The third kappa shape index (κ3) is 5.47. The first-order valence-electron chi connectivity index (χ1n) is 5.89. The maximum absolute atomic E-state index is 11.9. The second-order valence-electron chi connectivity index (χ2n) is 3.82. The zero-order valence-corrected chi connectivity index (χ0v) is 11.5. The highest BCUT2D eigenvalue weighted by Gasteiger charge is 2.26. The van der Waals surface area contributed by atoms with Crippen LogP contribution < -0.4 is 4.72 Å². The lowest BCUT2D eigenvalue weighted by molar-refractivity contribution is -0.139. The lowest BCUT2D eigenvalue weighted by Gasteiger charge is -2.23. The summed E-state index contributed by atoms with van der Waals surface area (Å²) in [6.45, 7) is 6.20. The van der Waals surface area contributed by atoms with Crippen LogP contribution in [0.2, 0.25) is 0 Å². The van der Waals surface area contributed by atoms with Crippen molar-refractivity contribution >= 4 is 16.2 Å². The molecule has 0 rings (SSSR count). The van der Waals surface area contributed by atoms with E-state index in [-0.39, 0.29) is 6.42 Å². The molecule has 0 aliphatic carbocycles. The van der Waals surface area contributed by atoms with Crippen LogP contribution in [0.5, 0.6) is 0 Å². The fourth-order valence-electron chi connectivity index (χ4n) is 1.41. The summed E-state index contributed by atoms with van der Waals surface area (Å²) < 4.78 is 27.4. The van der Waals surface area contributed by atoms with Crippen molar-refractivity contribution in [2.45, 2.75) is 46.1 Å². The van der Waals surface area contributed by atoms with Crippen LogP contribution in [0.25, 0.3) is 0 Å². The third-order valence-corrected chi connectivity index (χ3v) is 3.91. The van der Waals surface area contributed by atoms with E-state index in [1.165, 1.54) is 4.31 Å². The Morgan fingerprint density at radius 1 is 1.24 bits per heavy atom. The van der Waals surface area contributed by atoms with Crippen LogP contribution in [0.4, 0.5) is 0 Å². The third-order valence-electron chi connectivity index (χ3n) is 2.28. The molecule has 17 heavy (non-hydrogen) atoms. The van der Waals surface area contributed by atoms with Crippen LogP contribution in [-0.2, 0) is 15.0 Å². The van der Waals surface area contributed by atoms with E-state index in [9.17, 15) is 13.2 Å². The summed E-state index contributed by atoms with van der Waals surface area (Å²) in [5.41, 5.74) is 0. The summed E-state index contributed by atoms with van der Waals surface area (Å²) in [5, 5.41) is 8.83. The number of carbonyl (C=O) groups is 1. The van der Waals surface area contributed by atoms with Gasteiger partial charge in [-0.15, -0.1) is 0 Å². The van der Waals surface area contributed by atoms with E-state index in [1.807, 2.05) is 13.8 Å². The van der Waals surface area contributed by atoms with Gasteiger partial charge in [-0.2, -0.15) is 17.4 Å². The minimum absolute atomic E-state index is 0.223. The molecule has 0 aromatic carbocycles. The van der Waals surface area contributed by atoms with Gasteiger partial charge >= 0.3 is 5.97 Å². The van der Waals surface area contributed by atoms with Gasteiger partial charge < -0.3 is 5.11 Å². The second kappa shape index (κ2) is 7.62. The lowest BCUT2D eigenvalue weighted by atomic mass is 10.2. The normalized spacial score (nSPS) is 13.9. The van der Waals surface area contributed by atoms with Gasteiger partial charge in [-0.1, -0.05) is 20.8 Å². The predicted molar refractivity (Wildman–Crippen MR) is 65.9 cm³/mol. The summed E-state index contributed by atoms with van der Waals surface area (Å²) in [4.78, 5) is 10.8. The molecule has 0 fully saturated rings. The molecule has 0 saturated heterocycles. The Hall–Kier alpha value is -0.660. The Kier molecular flexibility index (Phi) is 7.33. The summed E-state index contributed by atoms with van der Waals surface area (Å²) in [6.07, 6.45) is 1.62. The van der Waals surface area contributed by atoms with E-state index in [0.29, 0.717) is 25.9 Å². The first kappa shape index (κ1) is 16.3. The fourth-order valence-corrected chi connectivity index (χ4v) is 3.04. The smallest absolute Gasteiger partial charge is 0.321 e. The van der Waals surface area contributed by atoms with Crippen molar-refractivity contribution in [3.05, 3.63) is 0 Å². The number of carboxylic acids is 1. The molecule has 0 aliphatic rings. The molecule has 0 bridgehead atoms. The van der Waals surface area contributed by atoms with Crippen molar-refractivity contribution in [3.63, 3.8) is 0 Å². The van der Waals surface area contributed by atoms with E-state index in [0.717, 1.165) is 0 Å². The first-order valence-corrected chi connectivity index (χ1v) is 7.33. The van der Waals surface area contributed by atoms with E-state index in [4.69, 9.17) is 5.11 Å². The number of aliphatic carboxylic acids is 1. The van der Waals surface area contributed by atoms with Crippen molar-refractivity contribution in [3.8, 4) is 0 Å².